The highest BCUT2D eigenvalue weighted by Gasteiger charge is 2.87. The molecule has 0 amide bonds. The van der Waals surface area contributed by atoms with Crippen molar-refractivity contribution in [2.24, 2.45) is 34.5 Å². The van der Waals surface area contributed by atoms with E-state index in [-0.39, 0.29) is 65.3 Å². The molecule has 12 atom stereocenters. The van der Waals surface area contributed by atoms with Crippen LogP contribution >= 0.6 is 0 Å². The molecule has 8 rings (SSSR count). The molecule has 6 saturated carbocycles. The SMILES string of the molecule is COC1C[C@]23OCOC24C[C@H]2N(C)C[C@]5(C)CC[C@H](OC)[C@@]2([C@@H]2C[C@H]1[C@H](O)[C@@H]23)[C@@H]5C4=O. The number of Topliss-reactive ketones (excluding diaryl/α,β-unsaturated/α-hetero) is 1. The summed E-state index contributed by atoms with van der Waals surface area (Å²) in [5, 5.41) is 11.7. The number of aliphatic hydroxyl groups is 1. The van der Waals surface area contributed by atoms with E-state index in [4.69, 9.17) is 18.9 Å². The predicted octanol–water partition coefficient (Wildman–Crippen LogP) is 1.22. The summed E-state index contributed by atoms with van der Waals surface area (Å²) in [6, 6.07) is 0.189. The maximum atomic E-state index is 14.7. The highest BCUT2D eigenvalue weighted by molar-refractivity contribution is 5.95. The first-order valence-corrected chi connectivity index (χ1v) is 12.1. The molecule has 8 aliphatic rings. The van der Waals surface area contributed by atoms with Gasteiger partial charge in [0.25, 0.3) is 0 Å². The number of methoxy groups -OCH3 is 2. The molecule has 0 aromatic carbocycles. The fourth-order valence-corrected chi connectivity index (χ4v) is 10.8. The van der Waals surface area contributed by atoms with Gasteiger partial charge in [0, 0.05) is 62.8 Å². The summed E-state index contributed by atoms with van der Waals surface area (Å²) in [4.78, 5) is 17.2. The molecule has 3 spiro atoms. The van der Waals surface area contributed by atoms with Crippen molar-refractivity contribution in [1.29, 1.82) is 0 Å². The summed E-state index contributed by atoms with van der Waals surface area (Å²) in [5.41, 5.74) is -2.23. The van der Waals surface area contributed by atoms with Gasteiger partial charge in [0.05, 0.1) is 18.3 Å². The van der Waals surface area contributed by atoms with E-state index >= 15 is 0 Å². The monoisotopic (exact) mass is 433 g/mol. The number of aliphatic hydroxyl groups excluding tert-OH is 1. The lowest BCUT2D eigenvalue weighted by molar-refractivity contribution is -0.251. The zero-order valence-electron chi connectivity index (χ0n) is 19.0. The van der Waals surface area contributed by atoms with E-state index in [1.54, 1.807) is 7.11 Å². The van der Waals surface area contributed by atoms with Crippen LogP contribution in [0.4, 0.5) is 0 Å². The molecule has 0 aromatic rings. The molecule has 2 heterocycles. The van der Waals surface area contributed by atoms with Crippen molar-refractivity contribution in [1.82, 2.24) is 4.90 Å². The van der Waals surface area contributed by atoms with Gasteiger partial charge in [0.15, 0.2) is 11.4 Å². The molecule has 6 aliphatic carbocycles. The molecule has 8 fully saturated rings. The lowest BCUT2D eigenvalue weighted by Gasteiger charge is -2.70. The fourth-order valence-electron chi connectivity index (χ4n) is 10.8. The quantitative estimate of drug-likeness (QED) is 0.702. The molecule has 2 aliphatic heterocycles. The van der Waals surface area contributed by atoms with Crippen molar-refractivity contribution in [3.05, 3.63) is 0 Å². The van der Waals surface area contributed by atoms with E-state index in [0.717, 1.165) is 25.8 Å². The Morgan fingerprint density at radius 3 is 2.74 bits per heavy atom. The summed E-state index contributed by atoms with van der Waals surface area (Å²) in [6.07, 6.45) is 3.44. The van der Waals surface area contributed by atoms with Crippen LogP contribution in [0.1, 0.15) is 39.0 Å². The molecule has 1 N–H and O–H groups in total. The first kappa shape index (κ1) is 19.9. The minimum absolute atomic E-state index is 0.00745. The van der Waals surface area contributed by atoms with Crippen molar-refractivity contribution < 1.29 is 28.8 Å². The Labute approximate surface area is 183 Å². The molecule has 2 unspecified atom stereocenters. The number of nitrogens with zero attached hydrogens (tertiary/aromatic N) is 1. The number of piperidine rings is 1. The summed E-state index contributed by atoms with van der Waals surface area (Å²) in [6.45, 7) is 3.37. The van der Waals surface area contributed by atoms with Crippen LogP contribution < -0.4 is 0 Å². The van der Waals surface area contributed by atoms with Gasteiger partial charge < -0.3 is 29.0 Å². The van der Waals surface area contributed by atoms with E-state index in [2.05, 4.69) is 18.9 Å². The second kappa shape index (κ2) is 5.73. The molecule has 31 heavy (non-hydrogen) atoms. The average molecular weight is 434 g/mol. The van der Waals surface area contributed by atoms with Crippen molar-refractivity contribution in [2.75, 3.05) is 34.6 Å². The summed E-state index contributed by atoms with van der Waals surface area (Å²) in [5.74, 6) is 0.234. The first-order chi connectivity index (χ1) is 14.8. The highest BCUT2D eigenvalue weighted by atomic mass is 16.7. The van der Waals surface area contributed by atoms with E-state index in [0.29, 0.717) is 12.8 Å². The van der Waals surface area contributed by atoms with E-state index < -0.39 is 17.3 Å². The van der Waals surface area contributed by atoms with E-state index in [9.17, 15) is 9.90 Å². The maximum Gasteiger partial charge on any atom is 0.172 e. The molecular formula is C24H35NO6. The third-order valence-electron chi connectivity index (χ3n) is 11.4. The number of likely N-dealkylation sites (tertiary alicyclic amines) is 1. The number of rotatable bonds is 2. The molecule has 0 radical (unpaired) electrons. The van der Waals surface area contributed by atoms with Gasteiger partial charge in [-0.25, -0.2) is 0 Å². The zero-order chi connectivity index (χ0) is 21.6. The fraction of sp³-hybridized carbons (Fsp3) is 0.958. The van der Waals surface area contributed by atoms with Crippen molar-refractivity contribution in [3.63, 3.8) is 0 Å². The minimum atomic E-state index is -0.996. The molecule has 172 valence electrons. The van der Waals surface area contributed by atoms with Crippen LogP contribution in [0.3, 0.4) is 0 Å². The van der Waals surface area contributed by atoms with E-state index in [1.807, 2.05) is 7.11 Å². The number of ether oxygens (including phenoxy) is 4. The van der Waals surface area contributed by atoms with Crippen LogP contribution in [0.5, 0.6) is 0 Å². The Morgan fingerprint density at radius 1 is 1.19 bits per heavy atom. The smallest absolute Gasteiger partial charge is 0.172 e. The third kappa shape index (κ3) is 1.78. The Balaban J connectivity index is 1.57. The van der Waals surface area contributed by atoms with Crippen molar-refractivity contribution in [3.8, 4) is 0 Å². The lowest BCUT2D eigenvalue weighted by Crippen LogP contribution is -2.79. The van der Waals surface area contributed by atoms with Gasteiger partial charge in [-0.05, 0) is 37.6 Å². The Bertz CT molecular complexity index is 852. The second-order valence-electron chi connectivity index (χ2n) is 12.0. The predicted molar refractivity (Wildman–Crippen MR) is 109 cm³/mol. The van der Waals surface area contributed by atoms with Gasteiger partial charge in [0.2, 0.25) is 0 Å². The van der Waals surface area contributed by atoms with Crippen LogP contribution in [0.2, 0.25) is 0 Å². The van der Waals surface area contributed by atoms with Gasteiger partial charge >= 0.3 is 0 Å². The normalized spacial score (nSPS) is 63.8. The maximum absolute atomic E-state index is 14.7. The van der Waals surface area contributed by atoms with Gasteiger partial charge in [-0.3, -0.25) is 4.79 Å². The van der Waals surface area contributed by atoms with Crippen molar-refractivity contribution >= 4 is 5.78 Å². The Morgan fingerprint density at radius 2 is 2.00 bits per heavy atom. The molecule has 0 aromatic heterocycles. The number of carbonyl (C=O) groups is 1. The van der Waals surface area contributed by atoms with E-state index in [1.165, 1.54) is 0 Å². The highest BCUT2D eigenvalue weighted by Crippen LogP contribution is 2.77. The van der Waals surface area contributed by atoms with Gasteiger partial charge in [-0.2, -0.15) is 0 Å². The molecule has 7 heteroatoms. The molecule has 2 saturated heterocycles. The van der Waals surface area contributed by atoms with Gasteiger partial charge in [-0.15, -0.1) is 0 Å². The lowest BCUT2D eigenvalue weighted by atomic mass is 9.40. The topological polar surface area (TPSA) is 77.5 Å². The molecule has 7 bridgehead atoms. The van der Waals surface area contributed by atoms with Gasteiger partial charge in [-0.1, -0.05) is 6.92 Å². The van der Waals surface area contributed by atoms with Crippen LogP contribution in [0, 0.1) is 34.5 Å². The standard InChI is InChI=1S/C24H35NO6/c1-21-6-5-16(29-4)24-13-7-12-14(28-3)8-22(17(13)18(12)26)23(31-11-30-22,20(27)19(21)24)9-15(24)25(2)10-21/h12-19,26H,5-11H2,1-4H3/t12-,13-,14?,15-,16+,17-,18+,19-,21+,22-,23?,24+/m1/s1. The van der Waals surface area contributed by atoms with Crippen LogP contribution in [-0.4, -0.2) is 86.0 Å². The van der Waals surface area contributed by atoms with Crippen LogP contribution in [0.25, 0.3) is 0 Å². The van der Waals surface area contributed by atoms with Gasteiger partial charge in [0.1, 0.15) is 12.4 Å². The third-order valence-corrected chi connectivity index (χ3v) is 11.4. The number of ketones is 1. The van der Waals surface area contributed by atoms with Crippen LogP contribution in [-0.2, 0) is 23.7 Å². The summed E-state index contributed by atoms with van der Waals surface area (Å²) >= 11 is 0. The average Bonchev–Trinajstić information content (AvgIpc) is 3.17. The second-order valence-corrected chi connectivity index (χ2v) is 12.0. The number of fused-ring (bicyclic) bond motifs is 1. The number of hydrogen-bond donors (Lipinski definition) is 1. The number of carbonyl (C=O) groups excluding carboxylic acids is 1. The molecule has 7 nitrogen and oxygen atoms in total. The molecular weight excluding hydrogens is 398 g/mol. The summed E-state index contributed by atoms with van der Waals surface area (Å²) < 4.78 is 25.2. The zero-order valence-corrected chi connectivity index (χ0v) is 19.0. The minimum Gasteiger partial charge on any atom is -0.392 e. The first-order valence-electron chi connectivity index (χ1n) is 12.1. The largest absolute Gasteiger partial charge is 0.392 e. The Hall–Kier alpha value is -0.570. The van der Waals surface area contributed by atoms with Crippen LogP contribution in [0.15, 0.2) is 0 Å². The van der Waals surface area contributed by atoms with Crippen molar-refractivity contribution in [2.45, 2.75) is 74.6 Å². The summed E-state index contributed by atoms with van der Waals surface area (Å²) in [7, 11) is 5.76. The Kier molecular flexibility index (Phi) is 3.67. The number of hydrogen-bond acceptors (Lipinski definition) is 7.